The lowest BCUT2D eigenvalue weighted by atomic mass is 9.96. The van der Waals surface area contributed by atoms with Crippen molar-refractivity contribution in [1.82, 2.24) is 25.3 Å². The van der Waals surface area contributed by atoms with E-state index < -0.39 is 0 Å². The van der Waals surface area contributed by atoms with Crippen LogP contribution in [0.2, 0.25) is 0 Å². The number of H-pyrrole nitrogens is 1. The first kappa shape index (κ1) is 16.9. The largest absolute Gasteiger partial charge is 0.354 e. The summed E-state index contributed by atoms with van der Waals surface area (Å²) < 4.78 is 0. The van der Waals surface area contributed by atoms with Gasteiger partial charge < -0.3 is 15.2 Å². The van der Waals surface area contributed by atoms with Gasteiger partial charge in [0.1, 0.15) is 11.8 Å². The maximum atomic E-state index is 12.3. The zero-order chi connectivity index (χ0) is 17.6. The standard InChI is InChI=1S/C18H22N6O/c1-3-13(14-7-5-4-6-8-14)9-19-15(25)10-24(2)18-16-17(21-11-20-16)22-12-23-18/h4-8,11-13H,3,9-10H2,1-2H3,(H,19,25)(H,20,21,22,23)/t13-/m0/s1. The first-order valence-electron chi connectivity index (χ1n) is 8.36. The number of aromatic amines is 1. The molecule has 7 nitrogen and oxygen atoms in total. The number of carbonyl (C=O) groups excluding carboxylic acids is 1. The lowest BCUT2D eigenvalue weighted by molar-refractivity contribution is -0.119. The molecule has 1 aromatic carbocycles. The van der Waals surface area contributed by atoms with Crippen LogP contribution in [0.4, 0.5) is 5.82 Å². The molecule has 3 rings (SSSR count). The summed E-state index contributed by atoms with van der Waals surface area (Å²) in [5.41, 5.74) is 2.56. The van der Waals surface area contributed by atoms with Gasteiger partial charge in [0.15, 0.2) is 11.5 Å². The second kappa shape index (κ2) is 7.74. The van der Waals surface area contributed by atoms with Crippen molar-refractivity contribution in [3.05, 3.63) is 48.5 Å². The molecule has 0 bridgehead atoms. The molecule has 0 saturated heterocycles. The SMILES string of the molecule is CC[C@@H](CNC(=O)CN(C)c1ncnc2nc[nH]c12)c1ccccc1. The summed E-state index contributed by atoms with van der Waals surface area (Å²) in [6.45, 7) is 2.97. The number of rotatable bonds is 7. The van der Waals surface area contributed by atoms with Gasteiger partial charge >= 0.3 is 0 Å². The molecule has 0 aliphatic heterocycles. The number of benzene rings is 1. The summed E-state index contributed by atoms with van der Waals surface area (Å²) in [6, 6.07) is 10.3. The molecule has 0 fully saturated rings. The number of fused-ring (bicyclic) bond motifs is 1. The Morgan fingerprint density at radius 2 is 2.04 bits per heavy atom. The highest BCUT2D eigenvalue weighted by Crippen LogP contribution is 2.19. The van der Waals surface area contributed by atoms with E-state index in [1.54, 1.807) is 11.2 Å². The smallest absolute Gasteiger partial charge is 0.239 e. The van der Waals surface area contributed by atoms with Gasteiger partial charge in [0, 0.05) is 19.5 Å². The van der Waals surface area contributed by atoms with Crippen LogP contribution in [-0.4, -0.2) is 46.0 Å². The molecule has 0 saturated carbocycles. The third kappa shape index (κ3) is 3.93. The van der Waals surface area contributed by atoms with Crippen molar-refractivity contribution in [3.8, 4) is 0 Å². The molecule has 2 heterocycles. The van der Waals surface area contributed by atoms with E-state index in [9.17, 15) is 4.79 Å². The highest BCUT2D eigenvalue weighted by molar-refractivity contribution is 5.86. The molecule has 2 aromatic heterocycles. The monoisotopic (exact) mass is 338 g/mol. The average Bonchev–Trinajstić information content (AvgIpc) is 3.11. The summed E-state index contributed by atoms with van der Waals surface area (Å²) >= 11 is 0. The number of hydrogen-bond donors (Lipinski definition) is 2. The summed E-state index contributed by atoms with van der Waals surface area (Å²) in [7, 11) is 1.83. The Morgan fingerprint density at radius 1 is 1.24 bits per heavy atom. The molecule has 3 aromatic rings. The Labute approximate surface area is 146 Å². The van der Waals surface area contributed by atoms with Gasteiger partial charge in [0.05, 0.1) is 12.9 Å². The van der Waals surface area contributed by atoms with E-state index in [1.165, 1.54) is 11.9 Å². The van der Waals surface area contributed by atoms with Gasteiger partial charge in [-0.1, -0.05) is 37.3 Å². The van der Waals surface area contributed by atoms with Crippen LogP contribution in [0.1, 0.15) is 24.8 Å². The number of hydrogen-bond acceptors (Lipinski definition) is 5. The Balaban J connectivity index is 1.59. The second-order valence-corrected chi connectivity index (χ2v) is 5.97. The number of likely N-dealkylation sites (N-methyl/N-ethyl adjacent to an activating group) is 1. The van der Waals surface area contributed by atoms with Crippen LogP contribution < -0.4 is 10.2 Å². The van der Waals surface area contributed by atoms with Crippen LogP contribution in [0.5, 0.6) is 0 Å². The zero-order valence-electron chi connectivity index (χ0n) is 14.4. The van der Waals surface area contributed by atoms with Gasteiger partial charge in [0.2, 0.25) is 5.91 Å². The zero-order valence-corrected chi connectivity index (χ0v) is 14.4. The van der Waals surface area contributed by atoms with Crippen LogP contribution in [0.15, 0.2) is 43.0 Å². The number of amides is 1. The second-order valence-electron chi connectivity index (χ2n) is 5.97. The fraction of sp³-hybridized carbons (Fsp3) is 0.333. The summed E-state index contributed by atoms with van der Waals surface area (Å²) in [5, 5.41) is 3.02. The molecule has 1 atom stereocenters. The van der Waals surface area contributed by atoms with Gasteiger partial charge in [-0.25, -0.2) is 15.0 Å². The number of carbonyl (C=O) groups is 1. The van der Waals surface area contributed by atoms with E-state index in [1.807, 2.05) is 25.2 Å². The lowest BCUT2D eigenvalue weighted by Gasteiger charge is -2.20. The number of imidazole rings is 1. The Morgan fingerprint density at radius 3 is 2.80 bits per heavy atom. The van der Waals surface area contributed by atoms with Crippen molar-refractivity contribution >= 4 is 22.9 Å². The van der Waals surface area contributed by atoms with Crippen LogP contribution in [0.25, 0.3) is 11.2 Å². The maximum absolute atomic E-state index is 12.3. The van der Waals surface area contributed by atoms with Crippen molar-refractivity contribution in [2.75, 3.05) is 25.0 Å². The molecule has 0 unspecified atom stereocenters. The highest BCUT2D eigenvalue weighted by Gasteiger charge is 2.15. The van der Waals surface area contributed by atoms with Crippen LogP contribution >= 0.6 is 0 Å². The minimum atomic E-state index is -0.0387. The number of anilines is 1. The van der Waals surface area contributed by atoms with Crippen molar-refractivity contribution in [1.29, 1.82) is 0 Å². The van der Waals surface area contributed by atoms with Gasteiger partial charge in [-0.3, -0.25) is 4.79 Å². The molecule has 0 aliphatic rings. The van der Waals surface area contributed by atoms with E-state index in [2.05, 4.69) is 44.3 Å². The van der Waals surface area contributed by atoms with Crippen molar-refractivity contribution in [3.63, 3.8) is 0 Å². The molecular weight excluding hydrogens is 316 g/mol. The first-order chi connectivity index (χ1) is 12.2. The van der Waals surface area contributed by atoms with E-state index in [-0.39, 0.29) is 12.5 Å². The fourth-order valence-electron chi connectivity index (χ4n) is 2.85. The van der Waals surface area contributed by atoms with Crippen LogP contribution in [-0.2, 0) is 4.79 Å². The molecule has 0 spiro atoms. The Hall–Kier alpha value is -2.96. The summed E-state index contributed by atoms with van der Waals surface area (Å²) in [5.74, 6) is 0.935. The van der Waals surface area contributed by atoms with Gasteiger partial charge in [-0.15, -0.1) is 0 Å². The van der Waals surface area contributed by atoms with E-state index >= 15 is 0 Å². The van der Waals surface area contributed by atoms with Gasteiger partial charge in [-0.05, 0) is 12.0 Å². The van der Waals surface area contributed by atoms with Crippen molar-refractivity contribution < 1.29 is 4.79 Å². The minimum absolute atomic E-state index is 0.0387. The third-order valence-corrected chi connectivity index (χ3v) is 4.25. The van der Waals surface area contributed by atoms with E-state index in [0.29, 0.717) is 23.9 Å². The van der Waals surface area contributed by atoms with E-state index in [0.717, 1.165) is 11.9 Å². The molecule has 130 valence electrons. The van der Waals surface area contributed by atoms with E-state index in [4.69, 9.17) is 0 Å². The predicted octanol–water partition coefficient (Wildman–Crippen LogP) is 2.10. The average molecular weight is 338 g/mol. The van der Waals surface area contributed by atoms with Gasteiger partial charge in [-0.2, -0.15) is 0 Å². The van der Waals surface area contributed by atoms with Crippen LogP contribution in [0.3, 0.4) is 0 Å². The molecule has 0 aliphatic carbocycles. The molecular formula is C18H22N6O. The van der Waals surface area contributed by atoms with Crippen molar-refractivity contribution in [2.24, 2.45) is 0 Å². The fourth-order valence-corrected chi connectivity index (χ4v) is 2.85. The third-order valence-electron chi connectivity index (χ3n) is 4.25. The molecule has 7 heteroatoms. The first-order valence-corrected chi connectivity index (χ1v) is 8.36. The number of nitrogens with zero attached hydrogens (tertiary/aromatic N) is 4. The van der Waals surface area contributed by atoms with Gasteiger partial charge in [0.25, 0.3) is 0 Å². The topological polar surface area (TPSA) is 86.8 Å². The minimum Gasteiger partial charge on any atom is -0.354 e. The number of aromatic nitrogens is 4. The maximum Gasteiger partial charge on any atom is 0.239 e. The van der Waals surface area contributed by atoms with Crippen molar-refractivity contribution in [2.45, 2.75) is 19.3 Å². The lowest BCUT2D eigenvalue weighted by Crippen LogP contribution is -2.37. The highest BCUT2D eigenvalue weighted by atomic mass is 16.2. The molecule has 1 amide bonds. The predicted molar refractivity (Wildman–Crippen MR) is 97.4 cm³/mol. The Kier molecular flexibility index (Phi) is 5.23. The molecule has 2 N–H and O–H groups in total. The number of nitrogens with one attached hydrogen (secondary N) is 2. The molecule has 25 heavy (non-hydrogen) atoms. The summed E-state index contributed by atoms with van der Waals surface area (Å²) in [6.07, 6.45) is 4.00. The van der Waals surface area contributed by atoms with Crippen LogP contribution in [0, 0.1) is 0 Å². The quantitative estimate of drug-likeness (QED) is 0.689. The normalized spacial score (nSPS) is 12.1. The molecule has 0 radical (unpaired) electrons. The Bertz CT molecular complexity index is 832. The summed E-state index contributed by atoms with van der Waals surface area (Å²) in [4.78, 5) is 29.6.